The first-order chi connectivity index (χ1) is 4.83. The highest BCUT2D eigenvalue weighted by molar-refractivity contribution is 4.42. The van der Waals surface area contributed by atoms with Gasteiger partial charge in [-0.05, 0) is 13.6 Å². The number of hydrogen-bond donors (Lipinski definition) is 2. The summed E-state index contributed by atoms with van der Waals surface area (Å²) in [4.78, 5) is 0. The molecule has 10 heavy (non-hydrogen) atoms. The van der Waals surface area contributed by atoms with Crippen molar-refractivity contribution in [2.24, 2.45) is 0 Å². The minimum Gasteiger partial charge on any atom is -0.318 e. The molecular formula is C8H22N2. The van der Waals surface area contributed by atoms with Gasteiger partial charge in [-0.25, -0.2) is 0 Å². The van der Waals surface area contributed by atoms with E-state index in [9.17, 15) is 0 Å². The Bertz CT molecular complexity index is 34.2. The van der Waals surface area contributed by atoms with Gasteiger partial charge < -0.3 is 10.6 Å². The van der Waals surface area contributed by atoms with Gasteiger partial charge in [0, 0.05) is 13.1 Å². The van der Waals surface area contributed by atoms with Gasteiger partial charge in [0.05, 0.1) is 0 Å². The highest BCUT2D eigenvalue weighted by atomic mass is 14.9. The molecule has 2 heteroatoms. The van der Waals surface area contributed by atoms with E-state index in [0.717, 1.165) is 19.6 Å². The van der Waals surface area contributed by atoms with E-state index in [1.807, 2.05) is 7.05 Å². The zero-order valence-electron chi connectivity index (χ0n) is 7.83. The van der Waals surface area contributed by atoms with Crippen molar-refractivity contribution in [3.63, 3.8) is 0 Å². The van der Waals surface area contributed by atoms with Gasteiger partial charge in [0.15, 0.2) is 0 Å². The molecule has 0 aromatic carbocycles. The fourth-order valence-corrected chi connectivity index (χ4v) is 0.390. The Morgan fingerprint density at radius 2 is 1.50 bits per heavy atom. The van der Waals surface area contributed by atoms with Gasteiger partial charge >= 0.3 is 0 Å². The molecule has 0 unspecified atom stereocenters. The maximum Gasteiger partial charge on any atom is 0.00764 e. The molecule has 2 N–H and O–H groups in total. The average molecular weight is 146 g/mol. The molecule has 0 aliphatic rings. The predicted octanol–water partition coefficient (Wildman–Crippen LogP) is 1.23. The topological polar surface area (TPSA) is 24.1 Å². The standard InChI is InChI=1S/C5H14N2.C3H8/c1-3-7-5-4-6-2;1-3-2/h6-7H,3-5H2,1-2H3;3H2,1-2H3. The third-order valence-corrected chi connectivity index (χ3v) is 0.802. The lowest BCUT2D eigenvalue weighted by molar-refractivity contribution is 0.672. The molecular weight excluding hydrogens is 124 g/mol. The van der Waals surface area contributed by atoms with Crippen LogP contribution in [0.1, 0.15) is 27.2 Å². The van der Waals surface area contributed by atoms with E-state index in [-0.39, 0.29) is 0 Å². The van der Waals surface area contributed by atoms with Crippen molar-refractivity contribution < 1.29 is 0 Å². The Kier molecular flexibility index (Phi) is 20.1. The summed E-state index contributed by atoms with van der Waals surface area (Å²) in [7, 11) is 1.96. The van der Waals surface area contributed by atoms with Gasteiger partial charge in [0.25, 0.3) is 0 Å². The second-order valence-electron chi connectivity index (χ2n) is 2.16. The highest BCUT2D eigenvalue weighted by Crippen LogP contribution is 1.56. The van der Waals surface area contributed by atoms with Crippen molar-refractivity contribution in [2.45, 2.75) is 27.2 Å². The third kappa shape index (κ3) is 24.7. The van der Waals surface area contributed by atoms with E-state index >= 15 is 0 Å². The van der Waals surface area contributed by atoms with Crippen molar-refractivity contribution in [1.29, 1.82) is 0 Å². The molecule has 0 saturated carbocycles. The summed E-state index contributed by atoms with van der Waals surface area (Å²) in [5.41, 5.74) is 0. The van der Waals surface area contributed by atoms with E-state index < -0.39 is 0 Å². The molecule has 0 heterocycles. The predicted molar refractivity (Wildman–Crippen MR) is 48.4 cm³/mol. The number of likely N-dealkylation sites (N-methyl/N-ethyl adjacent to an activating group) is 2. The fraction of sp³-hybridized carbons (Fsp3) is 1.00. The minimum absolute atomic E-state index is 1.06. The van der Waals surface area contributed by atoms with Crippen LogP contribution in [0.5, 0.6) is 0 Å². The van der Waals surface area contributed by atoms with E-state index in [2.05, 4.69) is 31.4 Å². The summed E-state index contributed by atoms with van der Waals surface area (Å²) in [6, 6.07) is 0. The molecule has 64 valence electrons. The Morgan fingerprint density at radius 1 is 1.00 bits per heavy atom. The van der Waals surface area contributed by atoms with Crippen LogP contribution in [0.25, 0.3) is 0 Å². The van der Waals surface area contributed by atoms with Crippen LogP contribution in [0.15, 0.2) is 0 Å². The Hall–Kier alpha value is -0.0800. The second-order valence-corrected chi connectivity index (χ2v) is 2.16. The molecule has 0 aromatic rings. The first-order valence-corrected chi connectivity index (χ1v) is 4.18. The lowest BCUT2D eigenvalue weighted by atomic mass is 10.6. The van der Waals surface area contributed by atoms with E-state index in [1.165, 1.54) is 6.42 Å². The normalized spacial score (nSPS) is 8.40. The third-order valence-electron chi connectivity index (χ3n) is 0.802. The van der Waals surface area contributed by atoms with Crippen molar-refractivity contribution in [3.8, 4) is 0 Å². The number of hydrogen-bond acceptors (Lipinski definition) is 2. The number of nitrogens with one attached hydrogen (secondary N) is 2. The molecule has 0 radical (unpaired) electrons. The second kappa shape index (κ2) is 16.0. The largest absolute Gasteiger partial charge is 0.318 e. The number of rotatable bonds is 4. The van der Waals surface area contributed by atoms with E-state index in [0.29, 0.717) is 0 Å². The first kappa shape index (κ1) is 12.6. The molecule has 0 atom stereocenters. The van der Waals surface area contributed by atoms with Crippen LogP contribution in [0.2, 0.25) is 0 Å². The van der Waals surface area contributed by atoms with E-state index in [4.69, 9.17) is 0 Å². The van der Waals surface area contributed by atoms with Crippen LogP contribution in [-0.4, -0.2) is 26.7 Å². The van der Waals surface area contributed by atoms with Gasteiger partial charge in [-0.15, -0.1) is 0 Å². The average Bonchev–Trinajstić information content (AvgIpc) is 1.91. The van der Waals surface area contributed by atoms with Crippen molar-refractivity contribution >= 4 is 0 Å². The molecule has 0 fully saturated rings. The van der Waals surface area contributed by atoms with Crippen molar-refractivity contribution in [1.82, 2.24) is 10.6 Å². The van der Waals surface area contributed by atoms with Gasteiger partial charge in [0.1, 0.15) is 0 Å². The van der Waals surface area contributed by atoms with Gasteiger partial charge in [-0.1, -0.05) is 27.2 Å². The monoisotopic (exact) mass is 146 g/mol. The summed E-state index contributed by atoms with van der Waals surface area (Å²) in [6.07, 6.45) is 1.25. The summed E-state index contributed by atoms with van der Waals surface area (Å²) in [5, 5.41) is 6.23. The summed E-state index contributed by atoms with van der Waals surface area (Å²) < 4.78 is 0. The van der Waals surface area contributed by atoms with Crippen LogP contribution in [0.3, 0.4) is 0 Å². The van der Waals surface area contributed by atoms with Gasteiger partial charge in [-0.2, -0.15) is 0 Å². The fourth-order valence-electron chi connectivity index (χ4n) is 0.390. The molecule has 0 aromatic heterocycles. The molecule has 2 nitrogen and oxygen atoms in total. The highest BCUT2D eigenvalue weighted by Gasteiger charge is 1.75. The maximum atomic E-state index is 3.19. The van der Waals surface area contributed by atoms with Gasteiger partial charge in [-0.3, -0.25) is 0 Å². The lowest BCUT2D eigenvalue weighted by Crippen LogP contribution is -2.24. The molecule has 0 saturated heterocycles. The summed E-state index contributed by atoms with van der Waals surface area (Å²) >= 11 is 0. The van der Waals surface area contributed by atoms with Crippen LogP contribution in [-0.2, 0) is 0 Å². The summed E-state index contributed by atoms with van der Waals surface area (Å²) in [5.74, 6) is 0. The molecule has 0 aliphatic carbocycles. The van der Waals surface area contributed by atoms with Crippen LogP contribution < -0.4 is 10.6 Å². The van der Waals surface area contributed by atoms with Crippen molar-refractivity contribution in [3.05, 3.63) is 0 Å². The Balaban J connectivity index is 0. The van der Waals surface area contributed by atoms with Crippen LogP contribution in [0, 0.1) is 0 Å². The lowest BCUT2D eigenvalue weighted by Gasteiger charge is -1.96. The summed E-state index contributed by atoms with van der Waals surface area (Å²) in [6.45, 7) is 9.57. The van der Waals surface area contributed by atoms with Gasteiger partial charge in [0.2, 0.25) is 0 Å². The zero-order valence-corrected chi connectivity index (χ0v) is 7.83. The molecule has 0 aliphatic heterocycles. The van der Waals surface area contributed by atoms with Crippen molar-refractivity contribution in [2.75, 3.05) is 26.7 Å². The van der Waals surface area contributed by atoms with Crippen LogP contribution >= 0.6 is 0 Å². The first-order valence-electron chi connectivity index (χ1n) is 4.18. The quantitative estimate of drug-likeness (QED) is 0.583. The van der Waals surface area contributed by atoms with E-state index in [1.54, 1.807) is 0 Å². The maximum absolute atomic E-state index is 3.19. The molecule has 0 amide bonds. The SMILES string of the molecule is CCC.CCNCCNC. The zero-order chi connectivity index (χ0) is 8.24. The Labute approximate surface area is 65.4 Å². The Morgan fingerprint density at radius 3 is 1.80 bits per heavy atom. The van der Waals surface area contributed by atoms with Crippen LogP contribution in [0.4, 0.5) is 0 Å². The molecule has 0 rings (SSSR count). The molecule has 0 spiro atoms. The molecule has 0 bridgehead atoms. The smallest absolute Gasteiger partial charge is 0.00764 e. The minimum atomic E-state index is 1.06.